The highest BCUT2D eigenvalue weighted by Crippen LogP contribution is 2.18. The van der Waals surface area contributed by atoms with E-state index < -0.39 is 0 Å². The van der Waals surface area contributed by atoms with Gasteiger partial charge >= 0.3 is 0 Å². The van der Waals surface area contributed by atoms with Gasteiger partial charge in [-0.3, -0.25) is 9.59 Å². The molecule has 0 unspecified atom stereocenters. The largest absolute Gasteiger partial charge is 0.342 e. The molecule has 0 saturated carbocycles. The predicted octanol–water partition coefficient (Wildman–Crippen LogP) is 1.65. The fraction of sp³-hybridized carbons (Fsp3) is 0.211. The molecule has 6 heteroatoms. The van der Waals surface area contributed by atoms with Crippen LogP contribution in [0.1, 0.15) is 21.6 Å². The van der Waals surface area contributed by atoms with E-state index in [4.69, 9.17) is 0 Å². The van der Waals surface area contributed by atoms with E-state index in [1.54, 1.807) is 21.7 Å². The number of nitrogens with zero attached hydrogens (tertiary/aromatic N) is 3. The van der Waals surface area contributed by atoms with Crippen molar-refractivity contribution in [2.75, 3.05) is 13.1 Å². The Bertz CT molecular complexity index is 914. The van der Waals surface area contributed by atoms with Gasteiger partial charge in [-0.25, -0.2) is 4.52 Å². The van der Waals surface area contributed by atoms with Crippen LogP contribution in [0.15, 0.2) is 54.7 Å². The maximum absolute atomic E-state index is 12.4. The second-order valence-electron chi connectivity index (χ2n) is 6.12. The zero-order valence-corrected chi connectivity index (χ0v) is 13.7. The number of carbonyl (C=O) groups excluding carboxylic acids is 2. The second kappa shape index (κ2) is 6.39. The fourth-order valence-corrected chi connectivity index (χ4v) is 3.12. The third-order valence-corrected chi connectivity index (χ3v) is 4.49. The molecular weight excluding hydrogens is 316 g/mol. The molecule has 0 atom stereocenters. The number of pyridine rings is 1. The molecule has 0 bridgehead atoms. The zero-order chi connectivity index (χ0) is 17.2. The molecule has 0 aliphatic carbocycles. The minimum Gasteiger partial charge on any atom is -0.342 e. The van der Waals surface area contributed by atoms with Crippen molar-refractivity contribution in [1.82, 2.24) is 19.8 Å². The summed E-state index contributed by atoms with van der Waals surface area (Å²) >= 11 is 0. The van der Waals surface area contributed by atoms with Gasteiger partial charge < -0.3 is 10.2 Å². The van der Waals surface area contributed by atoms with E-state index in [0.717, 1.165) is 11.9 Å². The number of hydrogen-bond donors (Lipinski definition) is 1. The summed E-state index contributed by atoms with van der Waals surface area (Å²) in [5.41, 5.74) is 3.61. The van der Waals surface area contributed by atoms with E-state index in [9.17, 15) is 9.59 Å². The van der Waals surface area contributed by atoms with Crippen LogP contribution in [0, 0.1) is 0 Å². The minimum absolute atomic E-state index is 0.0190. The molecule has 1 aliphatic rings. The van der Waals surface area contributed by atoms with Crippen molar-refractivity contribution in [3.05, 3.63) is 71.5 Å². The summed E-state index contributed by atoms with van der Waals surface area (Å²) in [4.78, 5) is 26.4. The minimum atomic E-state index is -0.338. The van der Waals surface area contributed by atoms with Crippen molar-refractivity contribution >= 4 is 17.3 Å². The normalized spacial score (nSPS) is 13.5. The van der Waals surface area contributed by atoms with Gasteiger partial charge in [-0.1, -0.05) is 30.3 Å². The second-order valence-corrected chi connectivity index (χ2v) is 6.12. The monoisotopic (exact) mass is 334 g/mol. The van der Waals surface area contributed by atoms with E-state index in [2.05, 4.69) is 16.5 Å². The van der Waals surface area contributed by atoms with Gasteiger partial charge in [0.2, 0.25) is 5.91 Å². The van der Waals surface area contributed by atoms with Crippen molar-refractivity contribution in [3.8, 4) is 0 Å². The summed E-state index contributed by atoms with van der Waals surface area (Å²) in [5, 5.41) is 6.89. The molecule has 6 nitrogen and oxygen atoms in total. The van der Waals surface area contributed by atoms with Gasteiger partial charge in [-0.05, 0) is 35.7 Å². The smallest absolute Gasteiger partial charge is 0.272 e. The van der Waals surface area contributed by atoms with Crippen molar-refractivity contribution < 1.29 is 9.59 Å². The van der Waals surface area contributed by atoms with Crippen LogP contribution in [-0.2, 0) is 17.8 Å². The summed E-state index contributed by atoms with van der Waals surface area (Å²) < 4.78 is 1.64. The van der Waals surface area contributed by atoms with E-state index >= 15 is 0 Å². The van der Waals surface area contributed by atoms with E-state index in [1.807, 2.05) is 36.4 Å². The SMILES string of the molecule is O=C(NCC(=O)N1CCc2ccccc2C1)c1cc2ccccn2n1. The molecule has 0 saturated heterocycles. The van der Waals surface area contributed by atoms with Crippen molar-refractivity contribution in [2.45, 2.75) is 13.0 Å². The first-order chi connectivity index (χ1) is 12.2. The number of carbonyl (C=O) groups is 2. The molecule has 3 heterocycles. The summed E-state index contributed by atoms with van der Waals surface area (Å²) in [6, 6.07) is 15.5. The van der Waals surface area contributed by atoms with Crippen molar-refractivity contribution in [2.24, 2.45) is 0 Å². The van der Waals surface area contributed by atoms with Gasteiger partial charge in [0.25, 0.3) is 5.91 Å². The predicted molar refractivity (Wildman–Crippen MR) is 93.1 cm³/mol. The number of amides is 2. The quantitative estimate of drug-likeness (QED) is 0.792. The van der Waals surface area contributed by atoms with Crippen LogP contribution in [-0.4, -0.2) is 39.4 Å². The van der Waals surface area contributed by atoms with Crippen molar-refractivity contribution in [1.29, 1.82) is 0 Å². The molecule has 2 aromatic heterocycles. The van der Waals surface area contributed by atoms with E-state index in [0.29, 0.717) is 18.8 Å². The lowest BCUT2D eigenvalue weighted by molar-refractivity contribution is -0.131. The molecule has 1 aliphatic heterocycles. The molecule has 126 valence electrons. The Morgan fingerprint density at radius 3 is 2.72 bits per heavy atom. The Hall–Kier alpha value is -3.15. The molecule has 1 N–H and O–H groups in total. The highest BCUT2D eigenvalue weighted by atomic mass is 16.2. The lowest BCUT2D eigenvalue weighted by atomic mass is 10.00. The lowest BCUT2D eigenvalue weighted by Gasteiger charge is -2.28. The highest BCUT2D eigenvalue weighted by Gasteiger charge is 2.21. The highest BCUT2D eigenvalue weighted by molar-refractivity contribution is 5.95. The van der Waals surface area contributed by atoms with Crippen LogP contribution >= 0.6 is 0 Å². The third kappa shape index (κ3) is 3.10. The average Bonchev–Trinajstić information content (AvgIpc) is 3.09. The molecule has 0 radical (unpaired) electrons. The summed E-state index contributed by atoms with van der Waals surface area (Å²) in [7, 11) is 0. The number of hydrogen-bond acceptors (Lipinski definition) is 3. The third-order valence-electron chi connectivity index (χ3n) is 4.49. The fourth-order valence-electron chi connectivity index (χ4n) is 3.12. The van der Waals surface area contributed by atoms with Crippen LogP contribution in [0.3, 0.4) is 0 Å². The lowest BCUT2D eigenvalue weighted by Crippen LogP contribution is -2.42. The van der Waals surface area contributed by atoms with Gasteiger partial charge in [0.1, 0.15) is 0 Å². The molecule has 2 amide bonds. The molecule has 25 heavy (non-hydrogen) atoms. The molecule has 0 spiro atoms. The summed E-state index contributed by atoms with van der Waals surface area (Å²) in [6.45, 7) is 1.26. The van der Waals surface area contributed by atoms with Crippen LogP contribution < -0.4 is 5.32 Å². The Morgan fingerprint density at radius 1 is 1.08 bits per heavy atom. The van der Waals surface area contributed by atoms with Crippen molar-refractivity contribution in [3.63, 3.8) is 0 Å². The molecule has 1 aromatic carbocycles. The maximum atomic E-state index is 12.4. The zero-order valence-electron chi connectivity index (χ0n) is 13.7. The summed E-state index contributed by atoms with van der Waals surface area (Å²) in [6.07, 6.45) is 2.63. The van der Waals surface area contributed by atoms with Gasteiger partial charge in [0, 0.05) is 19.3 Å². The maximum Gasteiger partial charge on any atom is 0.272 e. The molecular formula is C19H18N4O2. The standard InChI is InChI=1S/C19H18N4O2/c24-18(22-10-8-14-5-1-2-6-15(14)13-22)12-20-19(25)17-11-16-7-3-4-9-23(16)21-17/h1-7,9,11H,8,10,12-13H2,(H,20,25). The first-order valence-electron chi connectivity index (χ1n) is 8.28. The first-order valence-corrected chi connectivity index (χ1v) is 8.28. The van der Waals surface area contributed by atoms with Gasteiger partial charge in [-0.2, -0.15) is 5.10 Å². The van der Waals surface area contributed by atoms with Crippen LogP contribution in [0.25, 0.3) is 5.52 Å². The van der Waals surface area contributed by atoms with E-state index in [1.165, 1.54) is 11.1 Å². The molecule has 4 rings (SSSR count). The molecule has 3 aromatic rings. The number of fused-ring (bicyclic) bond motifs is 2. The number of aromatic nitrogens is 2. The van der Waals surface area contributed by atoms with E-state index in [-0.39, 0.29) is 18.4 Å². The number of benzene rings is 1. The van der Waals surface area contributed by atoms with Crippen LogP contribution in [0.4, 0.5) is 0 Å². The number of rotatable bonds is 3. The number of nitrogens with one attached hydrogen (secondary N) is 1. The van der Waals surface area contributed by atoms with Crippen LogP contribution in [0.2, 0.25) is 0 Å². The topological polar surface area (TPSA) is 66.7 Å². The van der Waals surface area contributed by atoms with Gasteiger partial charge in [-0.15, -0.1) is 0 Å². The Labute approximate surface area is 145 Å². The summed E-state index contributed by atoms with van der Waals surface area (Å²) in [5.74, 6) is -0.416. The average molecular weight is 334 g/mol. The Morgan fingerprint density at radius 2 is 1.88 bits per heavy atom. The molecule has 0 fully saturated rings. The first kappa shape index (κ1) is 15.4. The Balaban J connectivity index is 1.38. The van der Waals surface area contributed by atoms with Crippen LogP contribution in [0.5, 0.6) is 0 Å². The van der Waals surface area contributed by atoms with Gasteiger partial charge in [0.15, 0.2) is 5.69 Å². The Kier molecular flexibility index (Phi) is 3.93. The van der Waals surface area contributed by atoms with Gasteiger partial charge in [0.05, 0.1) is 12.1 Å².